The van der Waals surface area contributed by atoms with Crippen LogP contribution in [-0.2, 0) is 17.9 Å². The van der Waals surface area contributed by atoms with Gasteiger partial charge in [0.15, 0.2) is 0 Å². The molecule has 0 unspecified atom stereocenters. The van der Waals surface area contributed by atoms with Crippen LogP contribution < -0.4 is 22.1 Å². The van der Waals surface area contributed by atoms with Gasteiger partial charge in [0.2, 0.25) is 0 Å². The lowest BCUT2D eigenvalue weighted by Crippen LogP contribution is -2.47. The minimum absolute atomic E-state index is 0.274. The second-order valence-electron chi connectivity index (χ2n) is 5.62. The van der Waals surface area contributed by atoms with Crippen molar-refractivity contribution in [2.75, 3.05) is 0 Å². The Labute approximate surface area is 157 Å². The third-order valence-electron chi connectivity index (χ3n) is 3.70. The number of nitrogens with one attached hydrogen (secondary N) is 2. The van der Waals surface area contributed by atoms with E-state index in [4.69, 9.17) is 0 Å². The van der Waals surface area contributed by atoms with E-state index in [0.29, 0.717) is 4.88 Å². The first kappa shape index (κ1) is 18.3. The van der Waals surface area contributed by atoms with Gasteiger partial charge in [-0.05, 0) is 17.0 Å². The van der Waals surface area contributed by atoms with Crippen LogP contribution in [0, 0.1) is 0 Å². The maximum absolute atomic E-state index is 12.5. The quantitative estimate of drug-likeness (QED) is 0.628. The molecule has 138 valence electrons. The van der Waals surface area contributed by atoms with E-state index in [2.05, 4.69) is 10.9 Å². The number of rotatable bonds is 5. The first-order chi connectivity index (χ1) is 13.0. The molecule has 1 aromatic carbocycles. The molecule has 0 saturated carbocycles. The molecule has 2 aromatic heterocycles. The molecule has 3 aromatic rings. The SMILES string of the molecule is O=C(Cn1c(=O)ccn(Cc2ccccc2)c1=O)NNC(=O)c1cccs1. The zero-order valence-corrected chi connectivity index (χ0v) is 14.9. The Morgan fingerprint density at radius 1 is 0.963 bits per heavy atom. The fraction of sp³-hybridized carbons (Fsp3) is 0.111. The van der Waals surface area contributed by atoms with Crippen molar-refractivity contribution in [3.05, 3.63) is 91.4 Å². The molecule has 0 aliphatic rings. The van der Waals surface area contributed by atoms with Crippen LogP contribution in [0.4, 0.5) is 0 Å². The fourth-order valence-electron chi connectivity index (χ4n) is 2.38. The first-order valence-electron chi connectivity index (χ1n) is 8.01. The van der Waals surface area contributed by atoms with Gasteiger partial charge in [-0.3, -0.25) is 34.4 Å². The summed E-state index contributed by atoms with van der Waals surface area (Å²) in [5, 5.41) is 1.73. The number of amides is 2. The third-order valence-corrected chi connectivity index (χ3v) is 4.57. The number of hydrazine groups is 1. The molecule has 0 aliphatic heterocycles. The number of carbonyl (C=O) groups is 2. The summed E-state index contributed by atoms with van der Waals surface area (Å²) < 4.78 is 2.16. The van der Waals surface area contributed by atoms with Gasteiger partial charge in [-0.2, -0.15) is 0 Å². The van der Waals surface area contributed by atoms with Crippen molar-refractivity contribution < 1.29 is 9.59 Å². The molecule has 0 radical (unpaired) electrons. The van der Waals surface area contributed by atoms with Crippen molar-refractivity contribution in [1.29, 1.82) is 0 Å². The van der Waals surface area contributed by atoms with Gasteiger partial charge in [-0.25, -0.2) is 4.79 Å². The molecule has 0 bridgehead atoms. The largest absolute Gasteiger partial charge is 0.331 e. The average Bonchev–Trinajstić information content (AvgIpc) is 3.21. The smallest absolute Gasteiger partial charge is 0.296 e. The van der Waals surface area contributed by atoms with Gasteiger partial charge >= 0.3 is 5.69 Å². The first-order valence-corrected chi connectivity index (χ1v) is 8.89. The molecule has 3 rings (SSSR count). The van der Waals surface area contributed by atoms with Crippen LogP contribution in [0.25, 0.3) is 0 Å². The van der Waals surface area contributed by atoms with E-state index in [9.17, 15) is 19.2 Å². The number of thiophene rings is 1. The lowest BCUT2D eigenvalue weighted by molar-refractivity contribution is -0.122. The Morgan fingerprint density at radius 3 is 2.44 bits per heavy atom. The summed E-state index contributed by atoms with van der Waals surface area (Å²) in [4.78, 5) is 48.8. The molecule has 0 spiro atoms. The predicted octanol–water partition coefficient (Wildman–Crippen LogP) is 0.581. The van der Waals surface area contributed by atoms with E-state index >= 15 is 0 Å². The fourth-order valence-corrected chi connectivity index (χ4v) is 3.00. The van der Waals surface area contributed by atoms with E-state index in [1.807, 2.05) is 30.3 Å². The summed E-state index contributed by atoms with van der Waals surface area (Å²) in [6, 6.07) is 13.8. The summed E-state index contributed by atoms with van der Waals surface area (Å²) in [6.45, 7) is -0.227. The second-order valence-corrected chi connectivity index (χ2v) is 6.56. The van der Waals surface area contributed by atoms with Crippen molar-refractivity contribution in [2.45, 2.75) is 13.1 Å². The minimum Gasteiger partial charge on any atom is -0.296 e. The highest BCUT2D eigenvalue weighted by atomic mass is 32.1. The normalized spacial score (nSPS) is 10.4. The zero-order valence-electron chi connectivity index (χ0n) is 14.1. The van der Waals surface area contributed by atoms with Crippen LogP contribution in [-0.4, -0.2) is 20.9 Å². The minimum atomic E-state index is -0.684. The van der Waals surface area contributed by atoms with Crippen molar-refractivity contribution in [1.82, 2.24) is 20.0 Å². The molecule has 2 heterocycles. The van der Waals surface area contributed by atoms with E-state index < -0.39 is 29.6 Å². The summed E-state index contributed by atoms with van der Waals surface area (Å²) >= 11 is 1.22. The Morgan fingerprint density at radius 2 is 1.74 bits per heavy atom. The zero-order chi connectivity index (χ0) is 19.2. The van der Waals surface area contributed by atoms with Crippen LogP contribution in [0.1, 0.15) is 15.2 Å². The summed E-state index contributed by atoms with van der Waals surface area (Å²) in [6.07, 6.45) is 1.39. The monoisotopic (exact) mass is 384 g/mol. The van der Waals surface area contributed by atoms with Crippen molar-refractivity contribution in [3.63, 3.8) is 0 Å². The van der Waals surface area contributed by atoms with Crippen molar-refractivity contribution in [3.8, 4) is 0 Å². The number of carbonyl (C=O) groups excluding carboxylic acids is 2. The number of aromatic nitrogens is 2. The molecule has 9 heteroatoms. The number of benzene rings is 1. The molecule has 0 atom stereocenters. The van der Waals surface area contributed by atoms with E-state index in [0.717, 1.165) is 10.1 Å². The number of hydrogen-bond acceptors (Lipinski definition) is 5. The summed E-state index contributed by atoms with van der Waals surface area (Å²) in [7, 11) is 0. The topological polar surface area (TPSA) is 102 Å². The van der Waals surface area contributed by atoms with Gasteiger partial charge in [-0.15, -0.1) is 11.3 Å². The molecule has 0 aliphatic carbocycles. The van der Waals surface area contributed by atoms with Crippen LogP contribution in [0.15, 0.2) is 69.7 Å². The number of hydrogen-bond donors (Lipinski definition) is 2. The molecule has 27 heavy (non-hydrogen) atoms. The standard InChI is InChI=1S/C18H16N4O4S/c23-15(19-20-17(25)14-7-4-10-27-14)12-22-16(24)8-9-21(18(22)26)11-13-5-2-1-3-6-13/h1-10H,11-12H2,(H,19,23)(H,20,25). The van der Waals surface area contributed by atoms with Crippen LogP contribution in [0.3, 0.4) is 0 Å². The lowest BCUT2D eigenvalue weighted by Gasteiger charge is -2.10. The van der Waals surface area contributed by atoms with E-state index in [1.54, 1.807) is 17.5 Å². The highest BCUT2D eigenvalue weighted by Crippen LogP contribution is 2.06. The Balaban J connectivity index is 1.69. The summed E-state index contributed by atoms with van der Waals surface area (Å²) in [5.41, 5.74) is 4.14. The summed E-state index contributed by atoms with van der Waals surface area (Å²) in [5.74, 6) is -1.16. The van der Waals surface area contributed by atoms with Crippen LogP contribution >= 0.6 is 11.3 Å². The lowest BCUT2D eigenvalue weighted by atomic mass is 10.2. The van der Waals surface area contributed by atoms with Gasteiger partial charge in [0, 0.05) is 12.3 Å². The molecule has 0 fully saturated rings. The van der Waals surface area contributed by atoms with E-state index in [1.165, 1.54) is 28.2 Å². The molecule has 8 nitrogen and oxygen atoms in total. The molecule has 2 amide bonds. The van der Waals surface area contributed by atoms with Crippen LogP contribution in [0.5, 0.6) is 0 Å². The molecule has 0 saturated heterocycles. The van der Waals surface area contributed by atoms with Gasteiger partial charge < -0.3 is 0 Å². The van der Waals surface area contributed by atoms with Gasteiger partial charge in [0.1, 0.15) is 6.54 Å². The Hall–Kier alpha value is -3.46. The van der Waals surface area contributed by atoms with E-state index in [-0.39, 0.29) is 6.54 Å². The highest BCUT2D eigenvalue weighted by molar-refractivity contribution is 7.12. The Kier molecular flexibility index (Phi) is 5.62. The molecular weight excluding hydrogens is 368 g/mol. The van der Waals surface area contributed by atoms with Gasteiger partial charge in [-0.1, -0.05) is 36.4 Å². The predicted molar refractivity (Wildman–Crippen MR) is 100 cm³/mol. The molecular formula is C18H16N4O4S. The van der Waals surface area contributed by atoms with Gasteiger partial charge in [0.25, 0.3) is 17.4 Å². The van der Waals surface area contributed by atoms with Crippen molar-refractivity contribution in [2.24, 2.45) is 0 Å². The Bertz CT molecular complexity index is 1050. The third kappa shape index (κ3) is 4.59. The average molecular weight is 384 g/mol. The second kappa shape index (κ2) is 8.28. The highest BCUT2D eigenvalue weighted by Gasteiger charge is 2.12. The maximum atomic E-state index is 12.5. The molecule has 2 N–H and O–H groups in total. The van der Waals surface area contributed by atoms with Crippen molar-refractivity contribution >= 4 is 23.2 Å². The van der Waals surface area contributed by atoms with Crippen LogP contribution in [0.2, 0.25) is 0 Å². The van der Waals surface area contributed by atoms with Gasteiger partial charge in [0.05, 0.1) is 11.4 Å². The maximum Gasteiger partial charge on any atom is 0.331 e. The number of nitrogens with zero attached hydrogens (tertiary/aromatic N) is 2.